The second-order valence-corrected chi connectivity index (χ2v) is 5.15. The summed E-state index contributed by atoms with van der Waals surface area (Å²) in [5.74, 6) is 1.79. The Hall–Kier alpha value is -2.30. The molecule has 0 saturated carbocycles. The van der Waals surface area contributed by atoms with Crippen LogP contribution in [0.1, 0.15) is 24.8 Å². The maximum absolute atomic E-state index is 12.4. The van der Waals surface area contributed by atoms with Crippen molar-refractivity contribution in [3.05, 3.63) is 42.1 Å². The number of hydrogen-bond acceptors (Lipinski definition) is 3. The Kier molecular flexibility index (Phi) is 4.62. The van der Waals surface area contributed by atoms with Crippen LogP contribution in [0.2, 0.25) is 0 Å². The molecule has 1 amide bonds. The highest BCUT2D eigenvalue weighted by atomic mass is 16.5. The number of amides is 1. The lowest BCUT2D eigenvalue weighted by atomic mass is 9.97. The van der Waals surface area contributed by atoms with Gasteiger partial charge in [0.1, 0.15) is 11.6 Å². The summed E-state index contributed by atoms with van der Waals surface area (Å²) in [5.41, 5.74) is 1.10. The molecule has 0 aliphatic rings. The zero-order valence-corrected chi connectivity index (χ0v) is 12.9. The largest absolute Gasteiger partial charge is 0.497 e. The molecular weight excluding hydrogens is 266 g/mol. The first kappa shape index (κ1) is 15.1. The van der Waals surface area contributed by atoms with Crippen LogP contribution in [0.5, 0.6) is 5.75 Å². The van der Waals surface area contributed by atoms with Gasteiger partial charge in [-0.2, -0.15) is 5.10 Å². The molecule has 1 aromatic carbocycles. The van der Waals surface area contributed by atoms with Gasteiger partial charge in [-0.15, -0.1) is 0 Å². The highest BCUT2D eigenvalue weighted by Crippen LogP contribution is 2.24. The fourth-order valence-corrected chi connectivity index (χ4v) is 2.29. The molecule has 0 aliphatic heterocycles. The van der Waals surface area contributed by atoms with Crippen molar-refractivity contribution in [2.75, 3.05) is 19.1 Å². The van der Waals surface area contributed by atoms with Crippen LogP contribution in [0.25, 0.3) is 0 Å². The number of rotatable bonds is 5. The van der Waals surface area contributed by atoms with E-state index in [9.17, 15) is 4.79 Å². The first-order valence-electron chi connectivity index (χ1n) is 6.91. The van der Waals surface area contributed by atoms with E-state index in [1.807, 2.05) is 44.3 Å². The fourth-order valence-electron chi connectivity index (χ4n) is 2.29. The van der Waals surface area contributed by atoms with Gasteiger partial charge in [0.15, 0.2) is 0 Å². The van der Waals surface area contributed by atoms with Gasteiger partial charge in [0.2, 0.25) is 5.91 Å². The number of carbonyl (C=O) groups excluding carboxylic acids is 1. The molecule has 0 radical (unpaired) electrons. The third-order valence-electron chi connectivity index (χ3n) is 3.66. The number of aromatic nitrogens is 2. The van der Waals surface area contributed by atoms with Crippen molar-refractivity contribution < 1.29 is 9.53 Å². The van der Waals surface area contributed by atoms with Gasteiger partial charge in [0.05, 0.1) is 13.3 Å². The molecule has 1 aromatic heterocycles. The molecule has 0 unspecified atom stereocenters. The summed E-state index contributed by atoms with van der Waals surface area (Å²) in [4.78, 5) is 14.0. The molecule has 0 saturated heterocycles. The highest BCUT2D eigenvalue weighted by Gasteiger charge is 2.18. The number of nitrogens with zero attached hydrogens (tertiary/aromatic N) is 3. The van der Waals surface area contributed by atoms with Gasteiger partial charge in [0, 0.05) is 26.6 Å². The van der Waals surface area contributed by atoms with Crippen molar-refractivity contribution >= 4 is 11.7 Å². The Morgan fingerprint density at radius 1 is 1.43 bits per heavy atom. The van der Waals surface area contributed by atoms with E-state index in [-0.39, 0.29) is 11.8 Å². The lowest BCUT2D eigenvalue weighted by Gasteiger charge is -2.20. The molecule has 112 valence electrons. The molecule has 0 spiro atoms. The number of methoxy groups -OCH3 is 1. The van der Waals surface area contributed by atoms with Crippen LogP contribution in [0.4, 0.5) is 5.82 Å². The quantitative estimate of drug-likeness (QED) is 0.849. The zero-order chi connectivity index (χ0) is 15.4. The molecule has 2 rings (SSSR count). The average molecular weight is 287 g/mol. The smallest absolute Gasteiger partial charge is 0.228 e. The Morgan fingerprint density at radius 3 is 2.81 bits per heavy atom. The van der Waals surface area contributed by atoms with Crippen molar-refractivity contribution in [3.63, 3.8) is 0 Å². The molecule has 0 fully saturated rings. The van der Waals surface area contributed by atoms with Crippen LogP contribution < -0.4 is 9.64 Å². The molecule has 5 heteroatoms. The highest BCUT2D eigenvalue weighted by molar-refractivity contribution is 5.92. The number of hydrogen-bond donors (Lipinski definition) is 0. The van der Waals surface area contributed by atoms with Crippen LogP contribution in [0.15, 0.2) is 36.5 Å². The Balaban J connectivity index is 2.06. The average Bonchev–Trinajstić information content (AvgIpc) is 2.92. The molecular formula is C16H21N3O2. The molecule has 0 bridgehead atoms. The minimum atomic E-state index is 0.0638. The standard InChI is InChI=1S/C16H21N3O2/c1-12(13-6-5-7-14(11-13)21-4)10-16(20)18(2)15-8-9-17-19(15)3/h5-9,11-12H,10H2,1-4H3/t12-/m1/s1. The minimum absolute atomic E-state index is 0.0638. The maximum Gasteiger partial charge on any atom is 0.228 e. The summed E-state index contributed by atoms with van der Waals surface area (Å²) in [7, 11) is 5.24. The van der Waals surface area contributed by atoms with Crippen LogP contribution in [0.3, 0.4) is 0 Å². The van der Waals surface area contributed by atoms with Crippen molar-refractivity contribution in [2.24, 2.45) is 7.05 Å². The summed E-state index contributed by atoms with van der Waals surface area (Å²) in [6, 6.07) is 9.67. The normalized spacial score (nSPS) is 12.0. The van der Waals surface area contributed by atoms with Crippen LogP contribution in [-0.2, 0) is 11.8 Å². The second kappa shape index (κ2) is 6.43. The van der Waals surface area contributed by atoms with E-state index in [0.717, 1.165) is 17.1 Å². The predicted molar refractivity (Wildman–Crippen MR) is 82.6 cm³/mol. The maximum atomic E-state index is 12.4. The van der Waals surface area contributed by atoms with Gasteiger partial charge in [-0.3, -0.25) is 9.48 Å². The van der Waals surface area contributed by atoms with E-state index in [2.05, 4.69) is 5.10 Å². The van der Waals surface area contributed by atoms with Gasteiger partial charge in [-0.05, 0) is 23.6 Å². The van der Waals surface area contributed by atoms with Gasteiger partial charge < -0.3 is 9.64 Å². The van der Waals surface area contributed by atoms with Gasteiger partial charge >= 0.3 is 0 Å². The van der Waals surface area contributed by atoms with Crippen molar-refractivity contribution in [1.29, 1.82) is 0 Å². The number of anilines is 1. The van der Waals surface area contributed by atoms with Gasteiger partial charge in [-0.1, -0.05) is 19.1 Å². The van der Waals surface area contributed by atoms with Crippen molar-refractivity contribution in [1.82, 2.24) is 9.78 Å². The topological polar surface area (TPSA) is 47.4 Å². The lowest BCUT2D eigenvalue weighted by molar-refractivity contribution is -0.118. The summed E-state index contributed by atoms with van der Waals surface area (Å²) in [6.45, 7) is 2.05. The van der Waals surface area contributed by atoms with E-state index < -0.39 is 0 Å². The molecule has 1 heterocycles. The number of carbonyl (C=O) groups is 1. The molecule has 0 aliphatic carbocycles. The van der Waals surface area contributed by atoms with Crippen LogP contribution in [0, 0.1) is 0 Å². The van der Waals surface area contributed by atoms with E-state index in [4.69, 9.17) is 4.74 Å². The molecule has 2 aromatic rings. The van der Waals surface area contributed by atoms with Crippen LogP contribution in [-0.4, -0.2) is 29.8 Å². The molecule has 1 atom stereocenters. The monoisotopic (exact) mass is 287 g/mol. The zero-order valence-electron chi connectivity index (χ0n) is 12.9. The number of ether oxygens (including phenoxy) is 1. The van der Waals surface area contributed by atoms with E-state index in [1.165, 1.54) is 0 Å². The lowest BCUT2D eigenvalue weighted by Crippen LogP contribution is -2.29. The number of aryl methyl sites for hydroxylation is 1. The molecule has 5 nitrogen and oxygen atoms in total. The van der Waals surface area contributed by atoms with Gasteiger partial charge in [0.25, 0.3) is 0 Å². The predicted octanol–water partition coefficient (Wildman–Crippen LogP) is 2.59. The van der Waals surface area contributed by atoms with Gasteiger partial charge in [-0.25, -0.2) is 0 Å². The molecule has 21 heavy (non-hydrogen) atoms. The minimum Gasteiger partial charge on any atom is -0.497 e. The Bertz CT molecular complexity index is 621. The van der Waals surface area contributed by atoms with E-state index in [1.54, 1.807) is 29.9 Å². The summed E-state index contributed by atoms with van der Waals surface area (Å²) >= 11 is 0. The first-order valence-corrected chi connectivity index (χ1v) is 6.91. The van der Waals surface area contributed by atoms with Crippen LogP contribution >= 0.6 is 0 Å². The SMILES string of the molecule is COc1cccc([C@H](C)CC(=O)N(C)c2ccnn2C)c1. The van der Waals surface area contributed by atoms with Crippen molar-refractivity contribution in [3.8, 4) is 5.75 Å². The summed E-state index contributed by atoms with van der Waals surface area (Å²) in [6.07, 6.45) is 2.12. The number of benzene rings is 1. The summed E-state index contributed by atoms with van der Waals surface area (Å²) in [5, 5.41) is 4.09. The second-order valence-electron chi connectivity index (χ2n) is 5.15. The first-order chi connectivity index (χ1) is 10.0. The Labute approximate surface area is 125 Å². The van der Waals surface area contributed by atoms with E-state index >= 15 is 0 Å². The van der Waals surface area contributed by atoms with E-state index in [0.29, 0.717) is 6.42 Å². The fraction of sp³-hybridized carbons (Fsp3) is 0.375. The summed E-state index contributed by atoms with van der Waals surface area (Å²) < 4.78 is 6.91. The third kappa shape index (κ3) is 3.42. The Morgan fingerprint density at radius 2 is 2.19 bits per heavy atom. The third-order valence-corrected chi connectivity index (χ3v) is 3.66. The molecule has 0 N–H and O–H groups in total. The van der Waals surface area contributed by atoms with Crippen molar-refractivity contribution in [2.45, 2.75) is 19.3 Å².